The lowest BCUT2D eigenvalue weighted by molar-refractivity contribution is 0.211. The van der Waals surface area contributed by atoms with Gasteiger partial charge in [-0.25, -0.2) is 0 Å². The molecule has 0 aromatic heterocycles. The van der Waals surface area contributed by atoms with Gasteiger partial charge in [0.15, 0.2) is 0 Å². The lowest BCUT2D eigenvalue weighted by Crippen LogP contribution is -2.38. The minimum absolute atomic E-state index is 0.519. The van der Waals surface area contributed by atoms with E-state index in [-0.39, 0.29) is 0 Å². The third-order valence-corrected chi connectivity index (χ3v) is 3.18. The number of hydrogen-bond acceptors (Lipinski definition) is 2. The molecule has 0 bridgehead atoms. The standard InChI is InChI=1S/C12H28N2/c1-5-7-8-12(6-2)10-14(4)11(3)9-13/h11-12H,5-10,13H2,1-4H3. The molecular formula is C12H28N2. The van der Waals surface area contributed by atoms with E-state index >= 15 is 0 Å². The maximum Gasteiger partial charge on any atom is 0.0187 e. The number of rotatable bonds is 8. The molecular weight excluding hydrogens is 172 g/mol. The highest BCUT2D eigenvalue weighted by Gasteiger charge is 2.12. The van der Waals surface area contributed by atoms with Crippen molar-refractivity contribution >= 4 is 0 Å². The minimum Gasteiger partial charge on any atom is -0.329 e. The van der Waals surface area contributed by atoms with Crippen molar-refractivity contribution in [1.29, 1.82) is 0 Å². The van der Waals surface area contributed by atoms with Crippen molar-refractivity contribution in [1.82, 2.24) is 4.90 Å². The highest BCUT2D eigenvalue weighted by molar-refractivity contribution is 4.68. The highest BCUT2D eigenvalue weighted by atomic mass is 15.1. The zero-order chi connectivity index (χ0) is 11.0. The molecule has 0 amide bonds. The summed E-state index contributed by atoms with van der Waals surface area (Å²) in [6, 6.07) is 0.519. The molecule has 2 atom stereocenters. The van der Waals surface area contributed by atoms with Gasteiger partial charge in [0.25, 0.3) is 0 Å². The Labute approximate surface area is 89.9 Å². The first-order chi connectivity index (χ1) is 6.65. The zero-order valence-corrected chi connectivity index (χ0v) is 10.4. The van der Waals surface area contributed by atoms with Crippen LogP contribution in [0.4, 0.5) is 0 Å². The molecule has 0 saturated heterocycles. The fraction of sp³-hybridized carbons (Fsp3) is 1.00. The molecule has 0 saturated carbocycles. The van der Waals surface area contributed by atoms with Crippen molar-refractivity contribution < 1.29 is 0 Å². The molecule has 0 fully saturated rings. The van der Waals surface area contributed by atoms with E-state index in [9.17, 15) is 0 Å². The molecule has 0 radical (unpaired) electrons. The summed E-state index contributed by atoms with van der Waals surface area (Å²) in [6.45, 7) is 8.72. The number of likely N-dealkylation sites (N-methyl/N-ethyl adjacent to an activating group) is 1. The predicted molar refractivity (Wildman–Crippen MR) is 64.5 cm³/mol. The van der Waals surface area contributed by atoms with Gasteiger partial charge in [-0.15, -0.1) is 0 Å². The molecule has 86 valence electrons. The zero-order valence-electron chi connectivity index (χ0n) is 10.4. The van der Waals surface area contributed by atoms with Crippen LogP contribution >= 0.6 is 0 Å². The summed E-state index contributed by atoms with van der Waals surface area (Å²) in [7, 11) is 2.19. The van der Waals surface area contributed by atoms with Crippen LogP contribution in [0.2, 0.25) is 0 Å². The maximum absolute atomic E-state index is 5.65. The predicted octanol–water partition coefficient (Wildman–Crippen LogP) is 2.48. The smallest absolute Gasteiger partial charge is 0.0187 e. The van der Waals surface area contributed by atoms with Gasteiger partial charge in [-0.1, -0.05) is 33.1 Å². The lowest BCUT2D eigenvalue weighted by atomic mass is 9.98. The molecule has 2 heteroatoms. The molecule has 2 nitrogen and oxygen atoms in total. The van der Waals surface area contributed by atoms with Gasteiger partial charge in [0.2, 0.25) is 0 Å². The van der Waals surface area contributed by atoms with Gasteiger partial charge in [-0.05, 0) is 26.3 Å². The molecule has 0 aromatic rings. The first kappa shape index (κ1) is 13.9. The van der Waals surface area contributed by atoms with Gasteiger partial charge in [-0.2, -0.15) is 0 Å². The van der Waals surface area contributed by atoms with Crippen LogP contribution in [0.3, 0.4) is 0 Å². The van der Waals surface area contributed by atoms with Crippen molar-refractivity contribution in [2.45, 2.75) is 52.5 Å². The Hall–Kier alpha value is -0.0800. The third kappa shape index (κ3) is 5.61. The average molecular weight is 200 g/mol. The van der Waals surface area contributed by atoms with Crippen molar-refractivity contribution in [2.75, 3.05) is 20.1 Å². The quantitative estimate of drug-likeness (QED) is 0.652. The highest BCUT2D eigenvalue weighted by Crippen LogP contribution is 2.14. The summed E-state index contributed by atoms with van der Waals surface area (Å²) in [4.78, 5) is 2.39. The van der Waals surface area contributed by atoms with Crippen LogP contribution in [0.1, 0.15) is 46.5 Å². The number of hydrogen-bond donors (Lipinski definition) is 1. The second kappa shape index (κ2) is 8.25. The van der Waals surface area contributed by atoms with Gasteiger partial charge < -0.3 is 10.6 Å². The van der Waals surface area contributed by atoms with Crippen LogP contribution in [-0.2, 0) is 0 Å². The Bertz CT molecular complexity index is 125. The van der Waals surface area contributed by atoms with Gasteiger partial charge in [0, 0.05) is 19.1 Å². The average Bonchev–Trinajstić information content (AvgIpc) is 2.22. The number of nitrogens with two attached hydrogens (primary N) is 1. The fourth-order valence-electron chi connectivity index (χ4n) is 1.68. The van der Waals surface area contributed by atoms with E-state index in [1.54, 1.807) is 0 Å². The Balaban J connectivity index is 3.79. The van der Waals surface area contributed by atoms with E-state index in [4.69, 9.17) is 5.73 Å². The van der Waals surface area contributed by atoms with E-state index in [0.29, 0.717) is 6.04 Å². The van der Waals surface area contributed by atoms with Crippen LogP contribution in [0.5, 0.6) is 0 Å². The topological polar surface area (TPSA) is 29.3 Å². The molecule has 0 aliphatic heterocycles. The van der Waals surface area contributed by atoms with E-state index in [2.05, 4.69) is 32.7 Å². The summed E-state index contributed by atoms with van der Waals surface area (Å²) in [5.74, 6) is 0.856. The molecule has 0 heterocycles. The van der Waals surface area contributed by atoms with Crippen molar-refractivity contribution in [3.05, 3.63) is 0 Å². The second-order valence-electron chi connectivity index (χ2n) is 4.44. The van der Waals surface area contributed by atoms with Gasteiger partial charge in [0.1, 0.15) is 0 Å². The molecule has 0 aliphatic carbocycles. The Kier molecular flexibility index (Phi) is 8.20. The molecule has 0 aliphatic rings. The van der Waals surface area contributed by atoms with Crippen LogP contribution in [0.25, 0.3) is 0 Å². The summed E-state index contributed by atoms with van der Waals surface area (Å²) in [5, 5.41) is 0. The largest absolute Gasteiger partial charge is 0.329 e. The van der Waals surface area contributed by atoms with E-state index in [0.717, 1.165) is 12.5 Å². The first-order valence-corrected chi connectivity index (χ1v) is 6.05. The van der Waals surface area contributed by atoms with Crippen molar-refractivity contribution in [3.8, 4) is 0 Å². The van der Waals surface area contributed by atoms with Crippen molar-refractivity contribution in [2.24, 2.45) is 11.7 Å². The molecule has 0 rings (SSSR count). The van der Waals surface area contributed by atoms with E-state index in [1.807, 2.05) is 0 Å². The van der Waals surface area contributed by atoms with Crippen molar-refractivity contribution in [3.63, 3.8) is 0 Å². The lowest BCUT2D eigenvalue weighted by Gasteiger charge is -2.27. The number of nitrogens with zero attached hydrogens (tertiary/aromatic N) is 1. The monoisotopic (exact) mass is 200 g/mol. The Morgan fingerprint density at radius 1 is 1.29 bits per heavy atom. The molecule has 0 spiro atoms. The van der Waals surface area contributed by atoms with Crippen LogP contribution in [0.15, 0.2) is 0 Å². The van der Waals surface area contributed by atoms with Gasteiger partial charge in [-0.3, -0.25) is 0 Å². The maximum atomic E-state index is 5.65. The van der Waals surface area contributed by atoms with Crippen LogP contribution < -0.4 is 5.73 Å². The van der Waals surface area contributed by atoms with Crippen LogP contribution in [0, 0.1) is 5.92 Å². The Morgan fingerprint density at radius 3 is 2.36 bits per heavy atom. The van der Waals surface area contributed by atoms with Crippen LogP contribution in [-0.4, -0.2) is 31.1 Å². The van der Waals surface area contributed by atoms with E-state index in [1.165, 1.54) is 32.2 Å². The van der Waals surface area contributed by atoms with Gasteiger partial charge >= 0.3 is 0 Å². The second-order valence-corrected chi connectivity index (χ2v) is 4.44. The minimum atomic E-state index is 0.519. The third-order valence-electron chi connectivity index (χ3n) is 3.18. The summed E-state index contributed by atoms with van der Waals surface area (Å²) in [6.07, 6.45) is 5.34. The first-order valence-electron chi connectivity index (χ1n) is 6.05. The molecule has 0 aromatic carbocycles. The van der Waals surface area contributed by atoms with Gasteiger partial charge in [0.05, 0.1) is 0 Å². The molecule has 2 unspecified atom stereocenters. The SMILES string of the molecule is CCCCC(CC)CN(C)C(C)CN. The Morgan fingerprint density at radius 2 is 1.93 bits per heavy atom. The summed E-state index contributed by atoms with van der Waals surface area (Å²) < 4.78 is 0. The normalized spacial score (nSPS) is 15.9. The summed E-state index contributed by atoms with van der Waals surface area (Å²) >= 11 is 0. The summed E-state index contributed by atoms with van der Waals surface area (Å²) in [5.41, 5.74) is 5.65. The molecule has 14 heavy (non-hydrogen) atoms. The number of unbranched alkanes of at least 4 members (excludes halogenated alkanes) is 1. The fourth-order valence-corrected chi connectivity index (χ4v) is 1.68. The van der Waals surface area contributed by atoms with E-state index < -0.39 is 0 Å². The molecule has 2 N–H and O–H groups in total.